The van der Waals surface area contributed by atoms with Crippen LogP contribution in [0.1, 0.15) is 114 Å². The fourth-order valence-corrected chi connectivity index (χ4v) is 12.0. The van der Waals surface area contributed by atoms with Crippen molar-refractivity contribution in [2.75, 3.05) is 0 Å². The smallest absolute Gasteiger partial charge is 0.135 e. The molecule has 2 heterocycles. The third kappa shape index (κ3) is 6.20. The molecule has 0 saturated carbocycles. The van der Waals surface area contributed by atoms with Gasteiger partial charge in [-0.3, -0.25) is 0 Å². The molecule has 12 rings (SSSR count). The predicted octanol–water partition coefficient (Wildman–Crippen LogP) is 10.4. The minimum absolute atomic E-state index is 0.0248. The van der Waals surface area contributed by atoms with E-state index in [1.807, 2.05) is 0 Å². The molecule has 0 unspecified atom stereocenters. The Morgan fingerprint density at radius 1 is 0.250 bits per heavy atom. The molecule has 0 radical (unpaired) electrons. The number of aromatic hydroxyl groups is 10. The number of rotatable bonds is 6. The highest BCUT2D eigenvalue weighted by Crippen LogP contribution is 2.74. The first-order valence-electron chi connectivity index (χ1n) is 22.2. The van der Waals surface area contributed by atoms with E-state index in [-0.39, 0.29) is 57.5 Å². The lowest BCUT2D eigenvalue weighted by atomic mass is 9.74. The molecule has 68 heavy (non-hydrogen) atoms. The SMILES string of the molecule is Oc1ccc([C@H]2c3c(O)cc4c(c3[C@@H]3[C@@H](c5ccc(O)cc5)c5c(O)cc6c(c5[C@H]23)[C@@H](c2cc(O)cc(O)c2)[C@H](c2ccc(O)cc2)O6)[C@@H](c2cc(O)cc(O)c2)[C@H](c2ccc(O)cc2)O4)cc1. The number of phenols is 10. The average molecular weight is 907 g/mol. The third-order valence-electron chi connectivity index (χ3n) is 14.4. The van der Waals surface area contributed by atoms with Gasteiger partial charge in [0.1, 0.15) is 81.2 Å². The summed E-state index contributed by atoms with van der Waals surface area (Å²) in [5.74, 6) is -4.13. The second kappa shape index (κ2) is 14.9. The normalized spacial score (nSPS) is 22.6. The van der Waals surface area contributed by atoms with E-state index in [0.717, 1.165) is 11.1 Å². The number of hydrogen-bond acceptors (Lipinski definition) is 12. The summed E-state index contributed by atoms with van der Waals surface area (Å²) in [6, 6.07) is 38.6. The van der Waals surface area contributed by atoms with Crippen molar-refractivity contribution in [2.45, 2.75) is 47.7 Å². The topological polar surface area (TPSA) is 221 Å². The summed E-state index contributed by atoms with van der Waals surface area (Å²) in [6.45, 7) is 0. The van der Waals surface area contributed by atoms with Crippen LogP contribution in [0.4, 0.5) is 0 Å². The van der Waals surface area contributed by atoms with E-state index in [0.29, 0.717) is 67.1 Å². The molecule has 0 amide bonds. The Morgan fingerprint density at radius 3 is 0.853 bits per heavy atom. The quantitative estimate of drug-likeness (QED) is 0.0753. The van der Waals surface area contributed by atoms with E-state index in [2.05, 4.69) is 0 Å². The Hall–Kier alpha value is -8.64. The maximum atomic E-state index is 12.6. The summed E-state index contributed by atoms with van der Waals surface area (Å²) < 4.78 is 13.8. The van der Waals surface area contributed by atoms with Gasteiger partial charge in [0.2, 0.25) is 0 Å². The van der Waals surface area contributed by atoms with Crippen LogP contribution in [0.2, 0.25) is 0 Å². The van der Waals surface area contributed by atoms with Crippen LogP contribution in [-0.2, 0) is 0 Å². The zero-order chi connectivity index (χ0) is 46.9. The molecule has 8 aromatic rings. The van der Waals surface area contributed by atoms with Crippen LogP contribution < -0.4 is 9.47 Å². The summed E-state index contributed by atoms with van der Waals surface area (Å²) in [7, 11) is 0. The van der Waals surface area contributed by atoms with Gasteiger partial charge in [-0.1, -0.05) is 48.5 Å². The largest absolute Gasteiger partial charge is 0.508 e. The molecule has 0 fully saturated rings. The van der Waals surface area contributed by atoms with Crippen molar-refractivity contribution in [1.29, 1.82) is 0 Å². The van der Waals surface area contributed by atoms with Crippen LogP contribution in [0.15, 0.2) is 146 Å². The fourth-order valence-electron chi connectivity index (χ4n) is 12.0. The zero-order valence-corrected chi connectivity index (χ0v) is 35.8. The van der Waals surface area contributed by atoms with Crippen molar-refractivity contribution in [3.8, 4) is 69.0 Å². The van der Waals surface area contributed by atoms with E-state index < -0.39 is 47.7 Å². The third-order valence-corrected chi connectivity index (χ3v) is 14.4. The first-order chi connectivity index (χ1) is 32.8. The Morgan fingerprint density at radius 2 is 0.544 bits per heavy atom. The molecule has 10 N–H and O–H groups in total. The zero-order valence-electron chi connectivity index (χ0n) is 35.8. The van der Waals surface area contributed by atoms with Crippen LogP contribution in [0, 0.1) is 0 Å². The molecule has 12 heteroatoms. The van der Waals surface area contributed by atoms with Gasteiger partial charge >= 0.3 is 0 Å². The first-order valence-corrected chi connectivity index (χ1v) is 22.2. The number of benzene rings is 8. The first kappa shape index (κ1) is 40.8. The molecular formula is C56H42O12. The summed E-state index contributed by atoms with van der Waals surface area (Å²) in [4.78, 5) is 0. The fraction of sp³-hybridized carbons (Fsp3) is 0.143. The van der Waals surface area contributed by atoms with E-state index >= 15 is 0 Å². The van der Waals surface area contributed by atoms with Crippen LogP contribution in [0.5, 0.6) is 69.0 Å². The Kier molecular flexibility index (Phi) is 8.97. The summed E-state index contributed by atoms with van der Waals surface area (Å²) in [6.07, 6.45) is -1.58. The summed E-state index contributed by atoms with van der Waals surface area (Å²) in [5.41, 5.74) is 7.62. The molecule has 4 aliphatic rings. The van der Waals surface area contributed by atoms with E-state index in [1.54, 1.807) is 133 Å². The molecule has 8 atom stereocenters. The van der Waals surface area contributed by atoms with E-state index in [4.69, 9.17) is 9.47 Å². The number of ether oxygens (including phenoxy) is 2. The van der Waals surface area contributed by atoms with Crippen molar-refractivity contribution < 1.29 is 60.5 Å². The summed E-state index contributed by atoms with van der Waals surface area (Å²) in [5, 5.41) is 111. The maximum Gasteiger partial charge on any atom is 0.135 e. The minimum atomic E-state index is -0.792. The molecular weight excluding hydrogens is 865 g/mol. The standard InChI is InChI=1S/C56H42O12/c57-31-9-1-25(2-10-31)43-47-39(65)23-41-49(45(29-17-35(61)21-36(62)18-29)55(67-41)27-5-13-33(59)14-6-27)53(47)52-44(26-3-11-32(58)12-4-26)48-40(66)24-42-50(54(48)51(43)52)46(30-19-37(63)22-38(64)20-30)56(68-42)28-7-15-34(60)16-8-28/h1-24,43-46,51-52,55-66H/t43-,44-,45+,46+,51+,52+,55-,56-/m0/s1. The van der Waals surface area contributed by atoms with Crippen LogP contribution >= 0.6 is 0 Å². The molecule has 0 saturated heterocycles. The van der Waals surface area contributed by atoms with Gasteiger partial charge in [-0.15, -0.1) is 0 Å². The molecule has 0 aromatic heterocycles. The second-order valence-electron chi connectivity index (χ2n) is 18.2. The Bertz CT molecular complexity index is 3070. The monoisotopic (exact) mass is 906 g/mol. The Labute approximate surface area is 388 Å². The molecule has 338 valence electrons. The van der Waals surface area contributed by atoms with Gasteiger partial charge in [0, 0.05) is 70.2 Å². The lowest BCUT2D eigenvalue weighted by Crippen LogP contribution is -2.15. The van der Waals surface area contributed by atoms with Crippen LogP contribution in [0.3, 0.4) is 0 Å². The van der Waals surface area contributed by atoms with Gasteiger partial charge in [-0.25, -0.2) is 0 Å². The van der Waals surface area contributed by atoms with Crippen molar-refractivity contribution >= 4 is 0 Å². The second-order valence-corrected chi connectivity index (χ2v) is 18.2. The number of hydrogen-bond donors (Lipinski definition) is 10. The molecule has 2 aliphatic heterocycles. The van der Waals surface area contributed by atoms with Gasteiger partial charge in [0.15, 0.2) is 0 Å². The van der Waals surface area contributed by atoms with Gasteiger partial charge in [-0.05, 0) is 117 Å². The molecule has 8 aromatic carbocycles. The maximum absolute atomic E-state index is 12.6. The van der Waals surface area contributed by atoms with Gasteiger partial charge < -0.3 is 60.5 Å². The molecule has 0 bridgehead atoms. The molecule has 12 nitrogen and oxygen atoms in total. The van der Waals surface area contributed by atoms with Crippen molar-refractivity contribution in [1.82, 2.24) is 0 Å². The number of fused-ring (bicyclic) bond motifs is 9. The minimum Gasteiger partial charge on any atom is -0.508 e. The molecule has 2 aliphatic carbocycles. The lowest BCUT2D eigenvalue weighted by molar-refractivity contribution is 0.221. The predicted molar refractivity (Wildman–Crippen MR) is 248 cm³/mol. The Balaban J connectivity index is 1.19. The van der Waals surface area contributed by atoms with Crippen LogP contribution in [0.25, 0.3) is 0 Å². The van der Waals surface area contributed by atoms with Crippen molar-refractivity contribution in [3.63, 3.8) is 0 Å². The lowest BCUT2D eigenvalue weighted by Gasteiger charge is -2.27. The average Bonchev–Trinajstić information content (AvgIpc) is 4.05. The number of phenolic OH excluding ortho intramolecular Hbond substituents is 10. The van der Waals surface area contributed by atoms with E-state index in [9.17, 15) is 51.1 Å². The van der Waals surface area contributed by atoms with Gasteiger partial charge in [0.05, 0.1) is 11.8 Å². The highest BCUT2D eigenvalue weighted by atomic mass is 16.5. The van der Waals surface area contributed by atoms with Crippen molar-refractivity contribution in [3.05, 3.63) is 212 Å². The molecule has 0 spiro atoms. The van der Waals surface area contributed by atoms with Gasteiger partial charge in [0.25, 0.3) is 0 Å². The van der Waals surface area contributed by atoms with Gasteiger partial charge in [-0.2, -0.15) is 0 Å². The highest BCUT2D eigenvalue weighted by Gasteiger charge is 2.59. The van der Waals surface area contributed by atoms with Crippen LogP contribution in [-0.4, -0.2) is 51.1 Å². The van der Waals surface area contributed by atoms with E-state index in [1.165, 1.54) is 12.1 Å². The highest BCUT2D eigenvalue weighted by molar-refractivity contribution is 5.75. The van der Waals surface area contributed by atoms with Crippen molar-refractivity contribution in [2.24, 2.45) is 0 Å². The summed E-state index contributed by atoms with van der Waals surface area (Å²) >= 11 is 0.